The molecule has 142 valence electrons. The Kier molecular flexibility index (Phi) is 4.96. The third kappa shape index (κ3) is 3.20. The summed E-state index contributed by atoms with van der Waals surface area (Å²) in [6, 6.07) is 16.7. The van der Waals surface area contributed by atoms with Crippen LogP contribution < -0.4 is 4.74 Å². The first-order valence-corrected chi connectivity index (χ1v) is 9.87. The third-order valence-corrected chi connectivity index (χ3v) is 6.04. The molecule has 2 heterocycles. The molecular weight excluding hydrogens is 374 g/mol. The van der Waals surface area contributed by atoms with Gasteiger partial charge in [0.15, 0.2) is 17.8 Å². The van der Waals surface area contributed by atoms with E-state index in [9.17, 15) is 9.59 Å². The zero-order chi connectivity index (χ0) is 19.7. The minimum Gasteiger partial charge on any atom is -0.497 e. The molecule has 1 aromatic heterocycles. The number of nitrogens with zero attached hydrogens (tertiary/aromatic N) is 1. The van der Waals surface area contributed by atoms with E-state index in [0.717, 1.165) is 21.2 Å². The van der Waals surface area contributed by atoms with Gasteiger partial charge in [0.05, 0.1) is 12.8 Å². The van der Waals surface area contributed by atoms with Crippen molar-refractivity contribution in [2.75, 3.05) is 7.11 Å². The van der Waals surface area contributed by atoms with Gasteiger partial charge in [-0.1, -0.05) is 37.3 Å². The molecule has 3 aromatic rings. The summed E-state index contributed by atoms with van der Waals surface area (Å²) in [5.41, 5.74) is 2.13. The number of esters is 1. The van der Waals surface area contributed by atoms with Crippen LogP contribution in [0.5, 0.6) is 5.75 Å². The van der Waals surface area contributed by atoms with Gasteiger partial charge < -0.3 is 9.47 Å². The fraction of sp³-hybridized carbons (Fsp3) is 0.227. The van der Waals surface area contributed by atoms with Crippen molar-refractivity contribution in [3.05, 3.63) is 70.7 Å². The highest BCUT2D eigenvalue weighted by atomic mass is 32.1. The van der Waals surface area contributed by atoms with Gasteiger partial charge in [-0.15, -0.1) is 11.3 Å². The second-order valence-electron chi connectivity index (χ2n) is 6.47. The molecule has 5 nitrogen and oxygen atoms in total. The molecule has 1 fully saturated rings. The van der Waals surface area contributed by atoms with Crippen LogP contribution in [-0.2, 0) is 20.7 Å². The van der Waals surface area contributed by atoms with Crippen LogP contribution in [0.1, 0.15) is 35.1 Å². The monoisotopic (exact) mass is 393 g/mol. The predicted octanol–water partition coefficient (Wildman–Crippen LogP) is 4.33. The number of hydrogen-bond donors (Lipinski definition) is 0. The van der Waals surface area contributed by atoms with Gasteiger partial charge in [-0.25, -0.2) is 4.98 Å². The highest BCUT2D eigenvalue weighted by Crippen LogP contribution is 2.40. The number of ether oxygens (including phenoxy) is 2. The summed E-state index contributed by atoms with van der Waals surface area (Å²) < 4.78 is 10.6. The van der Waals surface area contributed by atoms with Crippen LogP contribution in [0, 0.1) is 0 Å². The van der Waals surface area contributed by atoms with E-state index in [2.05, 4.69) is 4.98 Å². The molecule has 2 atom stereocenters. The quantitative estimate of drug-likeness (QED) is 0.477. The number of ketones is 1. The van der Waals surface area contributed by atoms with Crippen molar-refractivity contribution < 1.29 is 19.1 Å². The van der Waals surface area contributed by atoms with E-state index in [1.165, 1.54) is 11.3 Å². The van der Waals surface area contributed by atoms with Crippen LogP contribution in [-0.4, -0.2) is 23.8 Å². The van der Waals surface area contributed by atoms with E-state index in [1.54, 1.807) is 19.2 Å². The molecule has 1 saturated heterocycles. The second kappa shape index (κ2) is 7.56. The summed E-state index contributed by atoms with van der Waals surface area (Å²) in [6.45, 7) is 1.99. The lowest BCUT2D eigenvalue weighted by atomic mass is 9.95. The second-order valence-corrected chi connectivity index (χ2v) is 7.56. The van der Waals surface area contributed by atoms with E-state index in [1.807, 2.05) is 49.4 Å². The molecule has 6 heteroatoms. The molecule has 2 aromatic carbocycles. The molecule has 0 N–H and O–H groups in total. The molecule has 1 aliphatic rings. The first-order chi connectivity index (χ1) is 13.6. The molecule has 2 unspecified atom stereocenters. The van der Waals surface area contributed by atoms with Crippen LogP contribution in [0.25, 0.3) is 10.6 Å². The molecule has 4 rings (SSSR count). The maximum atomic E-state index is 13.0. The number of carbonyl (C=O) groups excluding carboxylic acids is 2. The fourth-order valence-corrected chi connectivity index (χ4v) is 4.36. The number of aromatic nitrogens is 1. The van der Waals surface area contributed by atoms with E-state index in [0.29, 0.717) is 17.7 Å². The molecule has 0 radical (unpaired) electrons. The highest BCUT2D eigenvalue weighted by Gasteiger charge is 2.47. The summed E-state index contributed by atoms with van der Waals surface area (Å²) in [5.74, 6) is -0.988. The molecule has 0 aliphatic carbocycles. The van der Waals surface area contributed by atoms with Gasteiger partial charge in [-0.2, -0.15) is 0 Å². The van der Waals surface area contributed by atoms with E-state index < -0.39 is 18.0 Å². The number of hydrogen-bond acceptors (Lipinski definition) is 6. The normalized spacial score (nSPS) is 18.9. The van der Waals surface area contributed by atoms with Crippen molar-refractivity contribution >= 4 is 23.1 Å². The van der Waals surface area contributed by atoms with Gasteiger partial charge in [-0.3, -0.25) is 9.59 Å². The highest BCUT2D eigenvalue weighted by molar-refractivity contribution is 7.15. The Morgan fingerprint density at radius 2 is 1.79 bits per heavy atom. The number of cyclic esters (lactones) is 1. The molecule has 0 saturated carbocycles. The summed E-state index contributed by atoms with van der Waals surface area (Å²) in [7, 11) is 1.62. The maximum Gasteiger partial charge on any atom is 0.323 e. The fourth-order valence-electron chi connectivity index (χ4n) is 3.32. The lowest BCUT2D eigenvalue weighted by molar-refractivity contribution is -0.143. The number of thiazole rings is 1. The molecule has 1 aliphatic heterocycles. The largest absolute Gasteiger partial charge is 0.497 e. The summed E-state index contributed by atoms with van der Waals surface area (Å²) in [6.07, 6.45) is -0.175. The number of Topliss-reactive ketones (excluding diaryl/α,β-unsaturated/α-hetero) is 1. The average molecular weight is 393 g/mol. The van der Waals surface area contributed by atoms with Crippen molar-refractivity contribution in [2.45, 2.75) is 25.4 Å². The van der Waals surface area contributed by atoms with E-state index in [4.69, 9.17) is 9.47 Å². The van der Waals surface area contributed by atoms with Crippen LogP contribution in [0.2, 0.25) is 0 Å². The van der Waals surface area contributed by atoms with Crippen LogP contribution in [0.15, 0.2) is 54.6 Å². The zero-order valence-corrected chi connectivity index (χ0v) is 16.4. The third-order valence-electron chi connectivity index (χ3n) is 4.77. The Balaban J connectivity index is 1.69. The zero-order valence-electron chi connectivity index (χ0n) is 15.5. The minimum absolute atomic E-state index is 0.252. The first kappa shape index (κ1) is 18.4. The summed E-state index contributed by atoms with van der Waals surface area (Å²) in [4.78, 5) is 31.2. The number of methoxy groups -OCH3 is 1. The number of benzene rings is 2. The molecular formula is C22H19NO4S. The van der Waals surface area contributed by atoms with Gasteiger partial charge in [0.2, 0.25) is 0 Å². The van der Waals surface area contributed by atoms with E-state index >= 15 is 0 Å². The molecule has 0 spiro atoms. The lowest BCUT2D eigenvalue weighted by Gasteiger charge is -2.07. The van der Waals surface area contributed by atoms with Gasteiger partial charge >= 0.3 is 5.97 Å². The Morgan fingerprint density at radius 3 is 2.43 bits per heavy atom. The van der Waals surface area contributed by atoms with Gasteiger partial charge in [-0.05, 0) is 30.7 Å². The van der Waals surface area contributed by atoms with Crippen LogP contribution in [0.4, 0.5) is 0 Å². The van der Waals surface area contributed by atoms with Gasteiger partial charge in [0.1, 0.15) is 10.8 Å². The Labute approximate surface area is 167 Å². The lowest BCUT2D eigenvalue weighted by Crippen LogP contribution is -2.16. The van der Waals surface area contributed by atoms with E-state index in [-0.39, 0.29) is 5.78 Å². The molecule has 28 heavy (non-hydrogen) atoms. The van der Waals surface area contributed by atoms with Crippen molar-refractivity contribution in [3.63, 3.8) is 0 Å². The van der Waals surface area contributed by atoms with Crippen LogP contribution in [0.3, 0.4) is 0 Å². The van der Waals surface area contributed by atoms with Crippen molar-refractivity contribution in [3.8, 4) is 16.3 Å². The van der Waals surface area contributed by atoms with Crippen molar-refractivity contribution in [1.29, 1.82) is 0 Å². The van der Waals surface area contributed by atoms with Gasteiger partial charge in [0.25, 0.3) is 0 Å². The molecule has 0 bridgehead atoms. The van der Waals surface area contributed by atoms with Crippen molar-refractivity contribution in [2.24, 2.45) is 0 Å². The maximum absolute atomic E-state index is 13.0. The predicted molar refractivity (Wildman–Crippen MR) is 107 cm³/mol. The average Bonchev–Trinajstić information content (AvgIpc) is 3.28. The Bertz CT molecular complexity index is 1010. The van der Waals surface area contributed by atoms with Crippen LogP contribution >= 0.6 is 11.3 Å². The Hall–Kier alpha value is -2.99. The number of aryl methyl sites for hydroxylation is 1. The summed E-state index contributed by atoms with van der Waals surface area (Å²) in [5, 5.41) is 0.776. The molecule has 0 amide bonds. The summed E-state index contributed by atoms with van der Waals surface area (Å²) >= 11 is 1.50. The topological polar surface area (TPSA) is 65.5 Å². The number of carbonyl (C=O) groups is 2. The Morgan fingerprint density at radius 1 is 1.07 bits per heavy atom. The van der Waals surface area contributed by atoms with Crippen molar-refractivity contribution in [1.82, 2.24) is 4.98 Å². The number of rotatable bonds is 5. The minimum atomic E-state index is -0.969. The standard InChI is InChI=1S/C22H19NO4S/c1-3-16-18(23-21(28-16)14-9-11-15(26-2)12-10-14)17-19(24)20(27-22(17)25)13-7-5-4-6-8-13/h4-12,17,20H,3H2,1-2H3. The SMILES string of the molecule is CCc1sc(-c2ccc(OC)cc2)nc1C1C(=O)OC(c2ccccc2)C1=O. The van der Waals surface area contributed by atoms with Gasteiger partial charge in [0, 0.05) is 16.0 Å². The smallest absolute Gasteiger partial charge is 0.323 e. The first-order valence-electron chi connectivity index (χ1n) is 9.05.